The average Bonchev–Trinajstić information content (AvgIpc) is 3.02. The van der Waals surface area contributed by atoms with Gasteiger partial charge in [0.15, 0.2) is 18.1 Å². The summed E-state index contributed by atoms with van der Waals surface area (Å²) >= 11 is 8.86. The summed E-state index contributed by atoms with van der Waals surface area (Å²) < 4.78 is 16.9. The predicted molar refractivity (Wildman–Crippen MR) is 135 cm³/mol. The molecule has 0 saturated carbocycles. The molecule has 2 aromatic carbocycles. The van der Waals surface area contributed by atoms with E-state index in [0.29, 0.717) is 37.2 Å². The smallest absolute Gasteiger partial charge is 0.344 e. The van der Waals surface area contributed by atoms with Gasteiger partial charge in [0.2, 0.25) is 0 Å². The molecule has 33 heavy (non-hydrogen) atoms. The fourth-order valence-electron chi connectivity index (χ4n) is 2.97. The monoisotopic (exact) mass is 601 g/mol. The average molecular weight is 602 g/mol. The summed E-state index contributed by atoms with van der Waals surface area (Å²) in [7, 11) is 0. The van der Waals surface area contributed by atoms with Crippen molar-refractivity contribution in [2.24, 2.45) is 0 Å². The number of carbonyl (C=O) groups excluding carboxylic acids is 3. The zero-order chi connectivity index (χ0) is 24.0. The molecule has 174 valence electrons. The largest absolute Gasteiger partial charge is 0.490 e. The zero-order valence-electron chi connectivity index (χ0n) is 17.9. The van der Waals surface area contributed by atoms with E-state index >= 15 is 0 Å². The number of rotatable bonds is 9. The number of thioether (sulfide) groups is 1. The van der Waals surface area contributed by atoms with E-state index in [1.165, 1.54) is 4.90 Å². The van der Waals surface area contributed by atoms with Gasteiger partial charge >= 0.3 is 5.97 Å². The summed E-state index contributed by atoms with van der Waals surface area (Å²) in [5, 5.41) is 0.248. The van der Waals surface area contributed by atoms with E-state index in [-0.39, 0.29) is 30.9 Å². The highest BCUT2D eigenvalue weighted by molar-refractivity contribution is 14.1. The van der Waals surface area contributed by atoms with Crippen LogP contribution in [0.3, 0.4) is 0 Å². The number of halogens is 2. The van der Waals surface area contributed by atoms with E-state index < -0.39 is 5.97 Å². The molecule has 0 unspecified atom stereocenters. The summed E-state index contributed by atoms with van der Waals surface area (Å²) in [5.74, 6) is 0.00331. The van der Waals surface area contributed by atoms with Gasteiger partial charge in [0.1, 0.15) is 0 Å². The molecule has 0 aromatic heterocycles. The van der Waals surface area contributed by atoms with Crippen molar-refractivity contribution in [3.8, 4) is 11.5 Å². The highest BCUT2D eigenvalue weighted by Crippen LogP contribution is 2.38. The van der Waals surface area contributed by atoms with Gasteiger partial charge in [-0.15, -0.1) is 0 Å². The van der Waals surface area contributed by atoms with E-state index in [9.17, 15) is 14.4 Å². The predicted octanol–water partition coefficient (Wildman–Crippen LogP) is 5.52. The van der Waals surface area contributed by atoms with Gasteiger partial charge in [0.25, 0.3) is 11.1 Å². The number of carbonyl (C=O) groups is 3. The molecule has 2 amide bonds. The normalized spacial score (nSPS) is 14.7. The molecule has 0 aliphatic carbocycles. The van der Waals surface area contributed by atoms with Crippen molar-refractivity contribution in [3.63, 3.8) is 0 Å². The first-order chi connectivity index (χ1) is 15.8. The molecule has 0 radical (unpaired) electrons. The Morgan fingerprint density at radius 1 is 1.12 bits per heavy atom. The van der Waals surface area contributed by atoms with Gasteiger partial charge in [-0.05, 0) is 89.7 Å². The summed E-state index contributed by atoms with van der Waals surface area (Å²) in [5.41, 5.74) is 1.47. The summed E-state index contributed by atoms with van der Waals surface area (Å²) in [4.78, 5) is 38.5. The Morgan fingerprint density at radius 2 is 1.85 bits per heavy atom. The zero-order valence-corrected chi connectivity index (χ0v) is 21.7. The van der Waals surface area contributed by atoms with Crippen molar-refractivity contribution < 1.29 is 28.6 Å². The molecule has 0 N–H and O–H groups in total. The van der Waals surface area contributed by atoms with Crippen LogP contribution in [0.2, 0.25) is 5.02 Å². The van der Waals surface area contributed by atoms with Crippen LogP contribution in [0.25, 0.3) is 6.08 Å². The highest BCUT2D eigenvalue weighted by atomic mass is 127. The minimum atomic E-state index is -0.478. The maximum Gasteiger partial charge on any atom is 0.344 e. The third-order valence-corrected chi connectivity index (χ3v) is 6.36. The lowest BCUT2D eigenvalue weighted by Crippen LogP contribution is -2.27. The molecule has 7 nitrogen and oxygen atoms in total. The van der Waals surface area contributed by atoms with Gasteiger partial charge in [0.05, 0.1) is 28.2 Å². The third-order valence-electron chi connectivity index (χ3n) is 4.40. The topological polar surface area (TPSA) is 82.1 Å². The lowest BCUT2D eigenvalue weighted by atomic mass is 10.1. The van der Waals surface area contributed by atoms with Gasteiger partial charge in [0, 0.05) is 5.02 Å². The van der Waals surface area contributed by atoms with E-state index in [1.54, 1.807) is 49.4 Å². The second-order valence-corrected chi connectivity index (χ2v) is 9.34. The summed E-state index contributed by atoms with van der Waals surface area (Å²) in [6.45, 7) is 4.13. The Morgan fingerprint density at radius 3 is 2.52 bits per heavy atom. The van der Waals surface area contributed by atoms with E-state index in [4.69, 9.17) is 25.8 Å². The van der Waals surface area contributed by atoms with Crippen LogP contribution in [0, 0.1) is 3.57 Å². The van der Waals surface area contributed by atoms with E-state index in [1.807, 2.05) is 6.92 Å². The second-order valence-electron chi connectivity index (χ2n) is 6.75. The van der Waals surface area contributed by atoms with Crippen LogP contribution in [0.5, 0.6) is 11.5 Å². The quantitative estimate of drug-likeness (QED) is 0.213. The molecule has 3 rings (SSSR count). The van der Waals surface area contributed by atoms with E-state index in [0.717, 1.165) is 17.3 Å². The molecule has 10 heteroatoms. The first-order valence-electron chi connectivity index (χ1n) is 10.1. The van der Waals surface area contributed by atoms with Crippen molar-refractivity contribution >= 4 is 69.1 Å². The summed E-state index contributed by atoms with van der Waals surface area (Å²) in [6.07, 6.45) is 1.65. The molecule has 1 aliphatic rings. The Bertz CT molecular complexity index is 1090. The molecule has 0 spiro atoms. The number of hydrogen-bond acceptors (Lipinski definition) is 7. The fourth-order valence-corrected chi connectivity index (χ4v) is 4.71. The minimum absolute atomic E-state index is 0.168. The van der Waals surface area contributed by atoms with Crippen molar-refractivity contribution in [1.82, 2.24) is 4.90 Å². The molecule has 1 aliphatic heterocycles. The first kappa shape index (κ1) is 25.4. The number of amides is 2. The number of ether oxygens (including phenoxy) is 3. The SMILES string of the molecule is CCOC(=O)COc1c(I)cc(/C=C2/SC(=O)N(Cc3ccc(Cl)cc3)C2=O)cc1OCC. The standard InChI is InChI=1S/C23H21ClINO6S/c1-3-30-18-10-15(9-17(25)21(18)32-13-20(27)31-4-2)11-19-22(28)26(23(29)33-19)12-14-5-7-16(24)8-6-14/h5-11H,3-4,12-13H2,1-2H3/b19-11+. The van der Waals surface area contributed by atoms with Gasteiger partial charge in [-0.25, -0.2) is 4.79 Å². The third kappa shape index (κ3) is 6.64. The maximum atomic E-state index is 12.9. The molecule has 0 atom stereocenters. The summed E-state index contributed by atoms with van der Waals surface area (Å²) in [6, 6.07) is 10.5. The Balaban J connectivity index is 1.81. The molecular formula is C23H21ClINO6S. The van der Waals surface area contributed by atoms with Gasteiger partial charge < -0.3 is 14.2 Å². The highest BCUT2D eigenvalue weighted by Gasteiger charge is 2.35. The molecule has 0 bridgehead atoms. The van der Waals surface area contributed by atoms with Crippen LogP contribution < -0.4 is 9.47 Å². The van der Waals surface area contributed by atoms with E-state index in [2.05, 4.69) is 22.6 Å². The fraction of sp³-hybridized carbons (Fsp3) is 0.261. The van der Waals surface area contributed by atoms with Crippen LogP contribution in [0.4, 0.5) is 4.79 Å². The molecule has 1 heterocycles. The van der Waals surface area contributed by atoms with Gasteiger partial charge in [-0.1, -0.05) is 23.7 Å². The van der Waals surface area contributed by atoms with Crippen molar-refractivity contribution in [2.75, 3.05) is 19.8 Å². The maximum absolute atomic E-state index is 12.9. The molecular weight excluding hydrogens is 581 g/mol. The van der Waals surface area contributed by atoms with Crippen LogP contribution in [0.1, 0.15) is 25.0 Å². The minimum Gasteiger partial charge on any atom is -0.490 e. The second kappa shape index (κ2) is 11.8. The van der Waals surface area contributed by atoms with Crippen molar-refractivity contribution in [1.29, 1.82) is 0 Å². The molecule has 1 fully saturated rings. The Kier molecular flexibility index (Phi) is 9.04. The number of imide groups is 1. The number of benzene rings is 2. The van der Waals surface area contributed by atoms with Crippen molar-refractivity contribution in [3.05, 3.63) is 61.0 Å². The number of esters is 1. The van der Waals surface area contributed by atoms with Gasteiger partial charge in [-0.3, -0.25) is 14.5 Å². The molecule has 1 saturated heterocycles. The first-order valence-corrected chi connectivity index (χ1v) is 12.3. The van der Waals surface area contributed by atoms with Crippen LogP contribution in [-0.2, 0) is 20.9 Å². The number of nitrogens with zero attached hydrogens (tertiary/aromatic N) is 1. The van der Waals surface area contributed by atoms with Gasteiger partial charge in [-0.2, -0.15) is 0 Å². The molecule has 2 aromatic rings. The van der Waals surface area contributed by atoms with Crippen LogP contribution in [0.15, 0.2) is 41.3 Å². The Labute approximate surface area is 214 Å². The lowest BCUT2D eigenvalue weighted by molar-refractivity contribution is -0.145. The van der Waals surface area contributed by atoms with Crippen LogP contribution >= 0.6 is 46.0 Å². The lowest BCUT2D eigenvalue weighted by Gasteiger charge is -2.14. The Hall–Kier alpha value is -2.24. The number of hydrogen-bond donors (Lipinski definition) is 0. The van der Waals surface area contributed by atoms with Crippen LogP contribution in [-0.4, -0.2) is 41.8 Å². The van der Waals surface area contributed by atoms with Crippen molar-refractivity contribution in [2.45, 2.75) is 20.4 Å².